The Balaban J connectivity index is 1.21. The largest absolute Gasteiger partial charge is 0.456 e. The fourth-order valence-electron chi connectivity index (χ4n) is 7.51. The summed E-state index contributed by atoms with van der Waals surface area (Å²) in [6.07, 6.45) is 0. The van der Waals surface area contributed by atoms with E-state index in [0.29, 0.717) is 22.3 Å². The molecule has 0 N–H and O–H groups in total. The van der Waals surface area contributed by atoms with E-state index in [1.165, 1.54) is 5.39 Å². The van der Waals surface area contributed by atoms with Crippen molar-refractivity contribution in [2.24, 2.45) is 0 Å². The van der Waals surface area contributed by atoms with E-state index in [9.17, 15) is 2.74 Å². The molecule has 0 atom stereocenters. The van der Waals surface area contributed by atoms with Crippen LogP contribution in [0.5, 0.6) is 0 Å². The van der Waals surface area contributed by atoms with Gasteiger partial charge in [0.05, 0.1) is 5.48 Å². The van der Waals surface area contributed by atoms with Crippen LogP contribution in [0.15, 0.2) is 186 Å². The molecule has 0 saturated carbocycles. The molecule has 9 aromatic carbocycles. The third kappa shape index (κ3) is 4.47. The van der Waals surface area contributed by atoms with Crippen LogP contribution in [0.3, 0.4) is 0 Å². The molecule has 0 saturated heterocycles. The van der Waals surface area contributed by atoms with Crippen LogP contribution in [0.25, 0.3) is 98.8 Å². The molecule has 1 heterocycles. The third-order valence-corrected chi connectivity index (χ3v) is 9.72. The fraction of sp³-hybridized carbons (Fsp3) is 0. The molecule has 0 unspecified atom stereocenters. The zero-order valence-corrected chi connectivity index (χ0v) is 26.4. The summed E-state index contributed by atoms with van der Waals surface area (Å²) in [4.78, 5) is 0. The molecule has 49 heavy (non-hydrogen) atoms. The first-order valence-electron chi connectivity index (χ1n) is 18.5. The molecular formula is C48H30O. The van der Waals surface area contributed by atoms with Crippen LogP contribution in [0.4, 0.5) is 0 Å². The Morgan fingerprint density at radius 1 is 0.388 bits per heavy atom. The van der Waals surface area contributed by atoms with E-state index in [2.05, 4.69) is 60.7 Å². The van der Waals surface area contributed by atoms with E-state index in [1.807, 2.05) is 97.1 Å². The summed E-state index contributed by atoms with van der Waals surface area (Å²) in [6.45, 7) is 0. The Morgan fingerprint density at radius 3 is 1.78 bits per heavy atom. The van der Waals surface area contributed by atoms with Crippen molar-refractivity contribution in [1.82, 2.24) is 0 Å². The van der Waals surface area contributed by atoms with Crippen molar-refractivity contribution in [3.63, 3.8) is 0 Å². The summed E-state index contributed by atoms with van der Waals surface area (Å²) in [5, 5.41) is 8.07. The van der Waals surface area contributed by atoms with Crippen LogP contribution in [0.2, 0.25) is 0 Å². The highest BCUT2D eigenvalue weighted by Crippen LogP contribution is 2.45. The fourth-order valence-corrected chi connectivity index (χ4v) is 7.51. The van der Waals surface area contributed by atoms with Gasteiger partial charge in [0.15, 0.2) is 0 Å². The normalized spacial score (nSPS) is 12.8. The maximum absolute atomic E-state index is 9.74. The van der Waals surface area contributed by atoms with E-state index in [-0.39, 0.29) is 24.2 Å². The van der Waals surface area contributed by atoms with Crippen molar-refractivity contribution in [2.75, 3.05) is 0 Å². The highest BCUT2D eigenvalue weighted by Gasteiger charge is 2.18. The molecule has 0 spiro atoms. The molecule has 0 aliphatic carbocycles. The van der Waals surface area contributed by atoms with Crippen LogP contribution in [0.1, 0.15) is 5.48 Å². The molecule has 10 rings (SSSR count). The van der Waals surface area contributed by atoms with Crippen molar-refractivity contribution in [2.45, 2.75) is 0 Å². The van der Waals surface area contributed by atoms with Gasteiger partial charge in [0.25, 0.3) is 0 Å². The SMILES string of the molecule is [2H]c1c([2H])c(-c2ccc3c(c2)oc2cccc(-c4ccc5ccccc5c4)c23)c([2H])c(-c2c3ccccc3c(-c3ccccc3)c3ccccc23)c1[2H]. The lowest BCUT2D eigenvalue weighted by molar-refractivity contribution is 0.669. The Hall–Kier alpha value is -6.44. The van der Waals surface area contributed by atoms with Crippen LogP contribution in [-0.4, -0.2) is 0 Å². The monoisotopic (exact) mass is 626 g/mol. The third-order valence-electron chi connectivity index (χ3n) is 9.72. The molecular weight excluding hydrogens is 593 g/mol. The van der Waals surface area contributed by atoms with Crippen LogP contribution in [-0.2, 0) is 0 Å². The zero-order chi connectivity index (χ0) is 35.8. The smallest absolute Gasteiger partial charge is 0.136 e. The number of hydrogen-bond donors (Lipinski definition) is 0. The van der Waals surface area contributed by atoms with Gasteiger partial charge in [-0.1, -0.05) is 152 Å². The average Bonchev–Trinajstić information content (AvgIpc) is 3.58. The van der Waals surface area contributed by atoms with Gasteiger partial charge in [-0.25, -0.2) is 0 Å². The van der Waals surface area contributed by atoms with Gasteiger partial charge in [0.2, 0.25) is 0 Å². The first kappa shape index (κ1) is 23.8. The van der Waals surface area contributed by atoms with E-state index in [1.54, 1.807) is 0 Å². The molecule has 0 radical (unpaired) electrons. The highest BCUT2D eigenvalue weighted by molar-refractivity contribution is 6.21. The lowest BCUT2D eigenvalue weighted by atomic mass is 9.85. The molecule has 0 amide bonds. The Kier molecular flexibility index (Phi) is 5.38. The van der Waals surface area contributed by atoms with Gasteiger partial charge in [0.1, 0.15) is 11.2 Å². The summed E-state index contributed by atoms with van der Waals surface area (Å²) in [6, 6.07) is 52.8. The van der Waals surface area contributed by atoms with E-state index >= 15 is 0 Å². The van der Waals surface area contributed by atoms with Crippen LogP contribution < -0.4 is 0 Å². The van der Waals surface area contributed by atoms with Gasteiger partial charge in [0, 0.05) is 10.8 Å². The molecule has 1 aromatic heterocycles. The summed E-state index contributed by atoms with van der Waals surface area (Å²) >= 11 is 0. The Labute approximate surface area is 289 Å². The molecule has 10 aromatic rings. The molecule has 0 aliphatic rings. The summed E-state index contributed by atoms with van der Waals surface area (Å²) in [7, 11) is 0. The standard InChI is InChI=1S/C48H30O/c1-2-13-32(14-3-1)46-39-18-6-8-20-41(39)47(42-21-9-7-19-40(42)46)37-17-10-16-34(29-37)35-26-27-43-45(30-35)49-44-23-11-22-38(48(43)44)36-25-24-31-12-4-5-15-33(31)28-36/h1-30H/i10D,16D,17D,29D. The Morgan fingerprint density at radius 2 is 1.02 bits per heavy atom. The minimum Gasteiger partial charge on any atom is -0.456 e. The first-order valence-corrected chi connectivity index (χ1v) is 16.5. The average molecular weight is 627 g/mol. The van der Waals surface area contributed by atoms with Crippen molar-refractivity contribution in [3.05, 3.63) is 182 Å². The van der Waals surface area contributed by atoms with Crippen molar-refractivity contribution < 1.29 is 9.90 Å². The van der Waals surface area contributed by atoms with Crippen molar-refractivity contribution in [3.8, 4) is 44.5 Å². The van der Waals surface area contributed by atoms with Gasteiger partial charge in [-0.3, -0.25) is 0 Å². The molecule has 0 aliphatic heterocycles. The van der Waals surface area contributed by atoms with Gasteiger partial charge >= 0.3 is 0 Å². The van der Waals surface area contributed by atoms with Gasteiger partial charge < -0.3 is 4.42 Å². The number of hydrogen-bond acceptors (Lipinski definition) is 1. The molecule has 1 nitrogen and oxygen atoms in total. The van der Waals surface area contributed by atoms with Crippen LogP contribution >= 0.6 is 0 Å². The van der Waals surface area contributed by atoms with Crippen molar-refractivity contribution >= 4 is 54.3 Å². The second kappa shape index (κ2) is 11.1. The number of furan rings is 1. The van der Waals surface area contributed by atoms with Gasteiger partial charge in [-0.05, 0) is 107 Å². The van der Waals surface area contributed by atoms with E-state index in [0.717, 1.165) is 71.1 Å². The zero-order valence-electron chi connectivity index (χ0n) is 30.4. The topological polar surface area (TPSA) is 13.1 Å². The molecule has 0 fully saturated rings. The second-order valence-corrected chi connectivity index (χ2v) is 12.5. The van der Waals surface area contributed by atoms with Crippen molar-refractivity contribution in [1.29, 1.82) is 0 Å². The minimum absolute atomic E-state index is 0.0473. The van der Waals surface area contributed by atoms with E-state index in [4.69, 9.17) is 7.16 Å². The summed E-state index contributed by atoms with van der Waals surface area (Å²) in [5.74, 6) is 0. The predicted molar refractivity (Wildman–Crippen MR) is 208 cm³/mol. The second-order valence-electron chi connectivity index (χ2n) is 12.5. The lowest BCUT2D eigenvalue weighted by Crippen LogP contribution is -1.91. The summed E-state index contributed by atoms with van der Waals surface area (Å²) < 4.78 is 43.7. The van der Waals surface area contributed by atoms with Gasteiger partial charge in [-0.2, -0.15) is 0 Å². The van der Waals surface area contributed by atoms with E-state index < -0.39 is 0 Å². The number of rotatable bonds is 4. The Bertz CT molecular complexity index is 3050. The minimum atomic E-state index is -0.213. The highest BCUT2D eigenvalue weighted by atomic mass is 16.3. The maximum atomic E-state index is 9.74. The predicted octanol–water partition coefficient (Wildman–Crippen LogP) is 13.7. The summed E-state index contributed by atoms with van der Waals surface area (Å²) in [5.41, 5.74) is 7.68. The molecule has 0 bridgehead atoms. The number of benzene rings is 9. The number of fused-ring (bicyclic) bond motifs is 6. The maximum Gasteiger partial charge on any atom is 0.136 e. The first-order chi connectivity index (χ1) is 26.0. The molecule has 228 valence electrons. The van der Waals surface area contributed by atoms with Gasteiger partial charge in [-0.15, -0.1) is 0 Å². The van der Waals surface area contributed by atoms with Crippen LogP contribution in [0, 0.1) is 0 Å². The quantitative estimate of drug-likeness (QED) is 0.177. The lowest BCUT2D eigenvalue weighted by Gasteiger charge is -2.18. The molecule has 1 heteroatoms.